The van der Waals surface area contributed by atoms with Crippen LogP contribution >= 0.6 is 0 Å². The fourth-order valence-corrected chi connectivity index (χ4v) is 5.99. The molecule has 6 aromatic carbocycles. The maximum Gasteiger partial charge on any atom is 0.167 e. The summed E-state index contributed by atoms with van der Waals surface area (Å²) in [6, 6.07) is 35.8. The Morgan fingerprint density at radius 3 is 1.91 bits per heavy atom. The van der Waals surface area contributed by atoms with E-state index in [1.165, 1.54) is 10.8 Å². The van der Waals surface area contributed by atoms with E-state index in [1.807, 2.05) is 66.7 Å². The molecule has 0 N–H and O–H groups in total. The fourth-order valence-electron chi connectivity index (χ4n) is 5.99. The highest BCUT2D eigenvalue weighted by Crippen LogP contribution is 2.38. The lowest BCUT2D eigenvalue weighted by Gasteiger charge is -2.08. The molecular formula is C39H24N4O. The highest BCUT2D eigenvalue weighted by atomic mass is 16.3. The third-order valence-corrected chi connectivity index (χ3v) is 7.95. The van der Waals surface area contributed by atoms with Crippen LogP contribution in [0.3, 0.4) is 0 Å². The Balaban J connectivity index is 1.27. The van der Waals surface area contributed by atoms with Crippen LogP contribution in [0.25, 0.3) is 83.6 Å². The van der Waals surface area contributed by atoms with Gasteiger partial charge >= 0.3 is 0 Å². The second-order valence-corrected chi connectivity index (χ2v) is 10.5. The van der Waals surface area contributed by atoms with Crippen LogP contribution in [0, 0.1) is 0 Å². The van der Waals surface area contributed by atoms with E-state index in [0.717, 1.165) is 27.5 Å². The molecule has 0 saturated heterocycles. The van der Waals surface area contributed by atoms with Crippen molar-refractivity contribution in [3.8, 4) is 39.9 Å². The SMILES string of the molecule is [2H]c1c([2H])c([2H])c(-c2nc(-c3ccccc3)nc(-c3cccc4c3oc3cc(-n5c6ccccc6c6ccccc65)ccc34)n2)c([2H])c1[2H]. The molecule has 0 spiro atoms. The molecule has 5 nitrogen and oxygen atoms in total. The number of hydrogen-bond donors (Lipinski definition) is 0. The molecule has 5 heteroatoms. The summed E-state index contributed by atoms with van der Waals surface area (Å²) in [6.07, 6.45) is 0. The molecule has 0 aliphatic rings. The molecule has 9 aromatic rings. The van der Waals surface area contributed by atoms with Gasteiger partial charge in [0.15, 0.2) is 17.5 Å². The normalized spacial score (nSPS) is 13.2. The molecule has 9 rings (SSSR count). The van der Waals surface area contributed by atoms with E-state index in [4.69, 9.17) is 21.2 Å². The number of benzene rings is 6. The van der Waals surface area contributed by atoms with E-state index in [1.54, 1.807) is 0 Å². The molecule has 3 aromatic heterocycles. The number of aromatic nitrogens is 4. The second kappa shape index (κ2) is 9.75. The molecule has 0 atom stereocenters. The van der Waals surface area contributed by atoms with Crippen molar-refractivity contribution in [1.29, 1.82) is 0 Å². The van der Waals surface area contributed by atoms with Gasteiger partial charge in [0.05, 0.1) is 23.5 Å². The maximum absolute atomic E-state index is 8.61. The summed E-state index contributed by atoms with van der Waals surface area (Å²) in [5, 5.41) is 4.13. The Labute approximate surface area is 259 Å². The first-order valence-electron chi connectivity index (χ1n) is 16.7. The summed E-state index contributed by atoms with van der Waals surface area (Å²) in [5.74, 6) is 0.528. The van der Waals surface area contributed by atoms with E-state index in [9.17, 15) is 0 Å². The van der Waals surface area contributed by atoms with Crippen molar-refractivity contribution in [1.82, 2.24) is 19.5 Å². The van der Waals surface area contributed by atoms with Crippen molar-refractivity contribution in [2.24, 2.45) is 0 Å². The van der Waals surface area contributed by atoms with Gasteiger partial charge in [-0.2, -0.15) is 0 Å². The summed E-state index contributed by atoms with van der Waals surface area (Å²) in [7, 11) is 0. The molecule has 0 saturated carbocycles. The number of para-hydroxylation sites is 3. The van der Waals surface area contributed by atoms with Crippen molar-refractivity contribution < 1.29 is 11.3 Å². The Morgan fingerprint density at radius 2 is 1.16 bits per heavy atom. The Morgan fingerprint density at radius 1 is 0.523 bits per heavy atom. The standard InChI is InChI=1S/C39H24N4O/c1-3-12-25(13-4-1)37-40-38(26-14-5-2-6-15-26)42-39(41-37)32-19-11-18-31-30-23-22-27(24-35(30)44-36(31)32)43-33-20-9-7-16-28(33)29-17-8-10-21-34(29)43/h1-24H/i1D,3D,4D,12D,13D. The average Bonchev–Trinajstić information content (AvgIpc) is 3.69. The van der Waals surface area contributed by atoms with E-state index >= 15 is 0 Å². The zero-order valence-corrected chi connectivity index (χ0v) is 23.2. The Bertz CT molecular complexity index is 2710. The third kappa shape index (κ3) is 3.83. The van der Waals surface area contributed by atoms with E-state index < -0.39 is 18.1 Å². The zero-order valence-electron chi connectivity index (χ0n) is 28.2. The lowest BCUT2D eigenvalue weighted by atomic mass is 10.1. The highest BCUT2D eigenvalue weighted by molar-refractivity contribution is 6.11. The predicted molar refractivity (Wildman–Crippen MR) is 178 cm³/mol. The van der Waals surface area contributed by atoms with Gasteiger partial charge in [-0.15, -0.1) is 0 Å². The van der Waals surface area contributed by atoms with Gasteiger partial charge in [0.2, 0.25) is 0 Å². The van der Waals surface area contributed by atoms with Gasteiger partial charge in [0.25, 0.3) is 0 Å². The van der Waals surface area contributed by atoms with Crippen molar-refractivity contribution in [3.05, 3.63) is 145 Å². The van der Waals surface area contributed by atoms with E-state index in [-0.39, 0.29) is 29.3 Å². The maximum atomic E-state index is 8.61. The highest BCUT2D eigenvalue weighted by Gasteiger charge is 2.19. The molecule has 0 aliphatic heterocycles. The molecule has 0 aliphatic carbocycles. The van der Waals surface area contributed by atoms with Crippen molar-refractivity contribution in [2.75, 3.05) is 0 Å². The van der Waals surface area contributed by atoms with Gasteiger partial charge in [-0.25, -0.2) is 15.0 Å². The molecule has 44 heavy (non-hydrogen) atoms. The predicted octanol–water partition coefficient (Wildman–Crippen LogP) is 9.87. The average molecular weight is 570 g/mol. The van der Waals surface area contributed by atoms with Gasteiger partial charge in [0, 0.05) is 44.4 Å². The molecule has 206 valence electrons. The lowest BCUT2D eigenvalue weighted by molar-refractivity contribution is 0.669. The van der Waals surface area contributed by atoms with Crippen LogP contribution in [0.2, 0.25) is 0 Å². The smallest absolute Gasteiger partial charge is 0.167 e. The molecule has 3 heterocycles. The zero-order chi connectivity index (χ0) is 33.4. The minimum atomic E-state index is -0.483. The van der Waals surface area contributed by atoms with Crippen LogP contribution in [0.5, 0.6) is 0 Å². The summed E-state index contributed by atoms with van der Waals surface area (Å²) >= 11 is 0. The number of rotatable bonds is 4. The second-order valence-electron chi connectivity index (χ2n) is 10.5. The number of nitrogens with zero attached hydrogens (tertiary/aromatic N) is 4. The first-order chi connectivity index (χ1) is 23.9. The molecular weight excluding hydrogens is 540 g/mol. The van der Waals surface area contributed by atoms with Crippen molar-refractivity contribution in [2.45, 2.75) is 0 Å². The number of fused-ring (bicyclic) bond motifs is 6. The van der Waals surface area contributed by atoms with Gasteiger partial charge in [-0.05, 0) is 30.3 Å². The topological polar surface area (TPSA) is 56.7 Å². The molecule has 0 unspecified atom stereocenters. The largest absolute Gasteiger partial charge is 0.455 e. The number of furan rings is 1. The third-order valence-electron chi connectivity index (χ3n) is 7.95. The van der Waals surface area contributed by atoms with Crippen LogP contribution in [-0.2, 0) is 0 Å². The van der Waals surface area contributed by atoms with Crippen LogP contribution in [0.1, 0.15) is 6.85 Å². The Kier molecular flexibility index (Phi) is 4.42. The molecule has 0 bridgehead atoms. The quantitative estimate of drug-likeness (QED) is 0.212. The van der Waals surface area contributed by atoms with E-state index in [0.29, 0.717) is 28.1 Å². The van der Waals surface area contributed by atoms with Crippen LogP contribution < -0.4 is 0 Å². The minimum Gasteiger partial charge on any atom is -0.455 e. The van der Waals surface area contributed by atoms with Crippen LogP contribution in [0.15, 0.2) is 150 Å². The van der Waals surface area contributed by atoms with Gasteiger partial charge in [-0.1, -0.05) is 109 Å². The summed E-state index contributed by atoms with van der Waals surface area (Å²) < 4.78 is 50.7. The van der Waals surface area contributed by atoms with Gasteiger partial charge < -0.3 is 8.98 Å². The number of hydrogen-bond acceptors (Lipinski definition) is 4. The summed E-state index contributed by atoms with van der Waals surface area (Å²) in [5.41, 5.74) is 5.57. The van der Waals surface area contributed by atoms with Crippen LogP contribution in [0.4, 0.5) is 0 Å². The molecule has 0 fully saturated rings. The van der Waals surface area contributed by atoms with Gasteiger partial charge in [-0.3, -0.25) is 0 Å². The Hall–Kier alpha value is -6.07. The van der Waals surface area contributed by atoms with Gasteiger partial charge in [0.1, 0.15) is 11.2 Å². The monoisotopic (exact) mass is 569 g/mol. The fraction of sp³-hybridized carbons (Fsp3) is 0. The minimum absolute atomic E-state index is 0.0254. The van der Waals surface area contributed by atoms with E-state index in [2.05, 4.69) is 58.1 Å². The van der Waals surface area contributed by atoms with Crippen molar-refractivity contribution in [3.63, 3.8) is 0 Å². The summed E-state index contributed by atoms with van der Waals surface area (Å²) in [4.78, 5) is 14.2. The van der Waals surface area contributed by atoms with Crippen molar-refractivity contribution >= 4 is 43.7 Å². The summed E-state index contributed by atoms with van der Waals surface area (Å²) in [6.45, 7) is 0. The van der Waals surface area contributed by atoms with Crippen LogP contribution in [-0.4, -0.2) is 19.5 Å². The first kappa shape index (κ1) is 19.9. The lowest BCUT2D eigenvalue weighted by Crippen LogP contribution is -2.00. The molecule has 0 radical (unpaired) electrons. The first-order valence-corrected chi connectivity index (χ1v) is 14.2. The molecule has 0 amide bonds.